The van der Waals surface area contributed by atoms with E-state index in [4.69, 9.17) is 20.1 Å². The molecule has 3 N–H and O–H groups in total. The van der Waals surface area contributed by atoms with Crippen LogP contribution in [-0.2, 0) is 9.47 Å². The van der Waals surface area contributed by atoms with E-state index in [1.165, 1.54) is 0 Å². The predicted octanol–water partition coefficient (Wildman–Crippen LogP) is 1.36. The third kappa shape index (κ3) is 7.08. The maximum absolute atomic E-state index is 11.5. The predicted molar refractivity (Wildman–Crippen MR) is 80.1 cm³/mol. The molecular formula is C15H24N2O4. The average molecular weight is 296 g/mol. The van der Waals surface area contributed by atoms with Crippen LogP contribution in [0.3, 0.4) is 0 Å². The van der Waals surface area contributed by atoms with Crippen LogP contribution in [0, 0.1) is 5.92 Å². The van der Waals surface area contributed by atoms with E-state index in [9.17, 15) is 4.79 Å². The molecule has 0 unspecified atom stereocenters. The number of carbonyl (C=O) groups excluding carboxylic acids is 1. The second-order valence-electron chi connectivity index (χ2n) is 4.90. The Hall–Kier alpha value is -1.63. The minimum Gasteiger partial charge on any atom is -0.490 e. The van der Waals surface area contributed by atoms with Gasteiger partial charge in [-0.15, -0.1) is 0 Å². The van der Waals surface area contributed by atoms with Gasteiger partial charge in [-0.2, -0.15) is 0 Å². The summed E-state index contributed by atoms with van der Waals surface area (Å²) in [6.45, 7) is 6.84. The minimum absolute atomic E-state index is 0.360. The fourth-order valence-corrected chi connectivity index (χ4v) is 1.61. The first kappa shape index (κ1) is 17.4. The number of ether oxygens (including phenoxy) is 3. The fourth-order valence-electron chi connectivity index (χ4n) is 1.61. The number of hydrogen-bond donors (Lipinski definition) is 2. The van der Waals surface area contributed by atoms with Crippen LogP contribution < -0.4 is 16.0 Å². The van der Waals surface area contributed by atoms with Gasteiger partial charge in [0.25, 0.3) is 5.91 Å². The van der Waals surface area contributed by atoms with Crippen molar-refractivity contribution in [3.63, 3.8) is 0 Å². The number of nitrogen functional groups attached to an aromatic ring is 1. The Balaban J connectivity index is 2.20. The van der Waals surface area contributed by atoms with Crippen molar-refractivity contribution in [2.75, 3.05) is 33.0 Å². The Labute approximate surface area is 125 Å². The lowest BCUT2D eigenvalue weighted by atomic mass is 10.2. The largest absolute Gasteiger partial charge is 0.490 e. The van der Waals surface area contributed by atoms with Crippen LogP contribution >= 0.6 is 0 Å². The van der Waals surface area contributed by atoms with Crippen molar-refractivity contribution >= 4 is 5.91 Å². The van der Waals surface area contributed by atoms with Crippen molar-refractivity contribution in [1.82, 2.24) is 5.43 Å². The molecule has 0 fully saturated rings. The van der Waals surface area contributed by atoms with Gasteiger partial charge in [0.1, 0.15) is 12.4 Å². The number of hydrogen-bond acceptors (Lipinski definition) is 5. The van der Waals surface area contributed by atoms with Gasteiger partial charge in [0.15, 0.2) is 0 Å². The van der Waals surface area contributed by atoms with Crippen molar-refractivity contribution < 1.29 is 19.0 Å². The molecule has 1 aromatic rings. The van der Waals surface area contributed by atoms with Gasteiger partial charge in [0.2, 0.25) is 0 Å². The van der Waals surface area contributed by atoms with Crippen LogP contribution in [0.5, 0.6) is 5.75 Å². The van der Waals surface area contributed by atoms with E-state index in [1.807, 2.05) is 0 Å². The summed E-state index contributed by atoms with van der Waals surface area (Å²) in [5.74, 6) is 5.76. The first-order valence-corrected chi connectivity index (χ1v) is 7.03. The molecule has 0 aliphatic heterocycles. The van der Waals surface area contributed by atoms with E-state index in [0.717, 1.165) is 6.61 Å². The van der Waals surface area contributed by atoms with E-state index in [2.05, 4.69) is 19.3 Å². The Morgan fingerprint density at radius 1 is 1.14 bits per heavy atom. The van der Waals surface area contributed by atoms with Crippen molar-refractivity contribution in [1.29, 1.82) is 0 Å². The van der Waals surface area contributed by atoms with Crippen LogP contribution in [-0.4, -0.2) is 38.9 Å². The van der Waals surface area contributed by atoms with Gasteiger partial charge in [-0.25, -0.2) is 5.84 Å². The number of para-hydroxylation sites is 1. The summed E-state index contributed by atoms with van der Waals surface area (Å²) in [6.07, 6.45) is 0. The number of amides is 1. The maximum Gasteiger partial charge on any atom is 0.268 e. The van der Waals surface area contributed by atoms with E-state index >= 15 is 0 Å². The number of hydrazine groups is 1. The maximum atomic E-state index is 11.5. The highest BCUT2D eigenvalue weighted by atomic mass is 16.5. The lowest BCUT2D eigenvalue weighted by Gasteiger charge is -2.11. The quantitative estimate of drug-likeness (QED) is 0.295. The molecule has 0 spiro atoms. The molecule has 1 aromatic carbocycles. The average Bonchev–Trinajstić information content (AvgIpc) is 2.49. The van der Waals surface area contributed by atoms with Crippen molar-refractivity contribution in [3.05, 3.63) is 29.8 Å². The monoisotopic (exact) mass is 296 g/mol. The van der Waals surface area contributed by atoms with Crippen LogP contribution in [0.15, 0.2) is 24.3 Å². The molecule has 0 atom stereocenters. The van der Waals surface area contributed by atoms with E-state index in [0.29, 0.717) is 43.7 Å². The third-order valence-electron chi connectivity index (χ3n) is 2.57. The van der Waals surface area contributed by atoms with Crippen molar-refractivity contribution in [2.24, 2.45) is 11.8 Å². The van der Waals surface area contributed by atoms with Gasteiger partial charge in [0.05, 0.1) is 25.4 Å². The molecule has 0 heterocycles. The fraction of sp³-hybridized carbons (Fsp3) is 0.533. The molecule has 0 saturated heterocycles. The highest BCUT2D eigenvalue weighted by Gasteiger charge is 2.10. The van der Waals surface area contributed by atoms with E-state index < -0.39 is 0 Å². The van der Waals surface area contributed by atoms with Crippen molar-refractivity contribution in [3.8, 4) is 5.75 Å². The summed E-state index contributed by atoms with van der Waals surface area (Å²) in [6, 6.07) is 6.91. The smallest absolute Gasteiger partial charge is 0.268 e. The lowest BCUT2D eigenvalue weighted by molar-refractivity contribution is 0.0281. The molecule has 0 aromatic heterocycles. The molecule has 1 amide bonds. The standard InChI is InChI=1S/C15H24N2O4/c1-12(2)11-20-8-7-19-9-10-21-14-6-4-3-5-13(14)15(18)17-16/h3-6,12H,7-11,16H2,1-2H3,(H,17,18). The summed E-state index contributed by atoms with van der Waals surface area (Å²) in [4.78, 5) is 11.5. The summed E-state index contributed by atoms with van der Waals surface area (Å²) in [5.41, 5.74) is 2.49. The molecule has 6 heteroatoms. The van der Waals surface area contributed by atoms with Crippen molar-refractivity contribution in [2.45, 2.75) is 13.8 Å². The number of benzene rings is 1. The molecule has 0 saturated carbocycles. The molecule has 118 valence electrons. The second kappa shape index (κ2) is 10.1. The molecule has 0 bridgehead atoms. The second-order valence-corrected chi connectivity index (χ2v) is 4.90. The highest BCUT2D eigenvalue weighted by Crippen LogP contribution is 2.17. The van der Waals surface area contributed by atoms with Gasteiger partial charge in [0, 0.05) is 6.61 Å². The molecule has 0 aliphatic rings. The number of nitrogens with one attached hydrogen (secondary N) is 1. The summed E-state index contributed by atoms with van der Waals surface area (Å²) >= 11 is 0. The zero-order valence-electron chi connectivity index (χ0n) is 12.6. The highest BCUT2D eigenvalue weighted by molar-refractivity contribution is 5.96. The zero-order valence-corrected chi connectivity index (χ0v) is 12.6. The van der Waals surface area contributed by atoms with Crippen LogP contribution in [0.25, 0.3) is 0 Å². The van der Waals surface area contributed by atoms with Gasteiger partial charge >= 0.3 is 0 Å². The van der Waals surface area contributed by atoms with E-state index in [1.54, 1.807) is 24.3 Å². The SMILES string of the molecule is CC(C)COCCOCCOc1ccccc1C(=O)NN. The Morgan fingerprint density at radius 2 is 1.81 bits per heavy atom. The van der Waals surface area contributed by atoms with Crippen LogP contribution in [0.1, 0.15) is 24.2 Å². The number of rotatable bonds is 10. The van der Waals surface area contributed by atoms with E-state index in [-0.39, 0.29) is 5.91 Å². The first-order valence-electron chi connectivity index (χ1n) is 7.03. The Bertz CT molecular complexity index is 424. The number of nitrogens with two attached hydrogens (primary N) is 1. The molecule has 0 radical (unpaired) electrons. The number of carbonyl (C=O) groups is 1. The van der Waals surface area contributed by atoms with Gasteiger partial charge < -0.3 is 14.2 Å². The molecule has 0 aliphatic carbocycles. The summed E-state index contributed by atoms with van der Waals surface area (Å²) < 4.78 is 16.3. The van der Waals surface area contributed by atoms with Gasteiger partial charge in [-0.05, 0) is 18.1 Å². The summed E-state index contributed by atoms with van der Waals surface area (Å²) in [7, 11) is 0. The third-order valence-corrected chi connectivity index (χ3v) is 2.57. The van der Waals surface area contributed by atoms with Crippen LogP contribution in [0.4, 0.5) is 0 Å². The topological polar surface area (TPSA) is 82.8 Å². The zero-order chi connectivity index (χ0) is 15.5. The molecule has 1 rings (SSSR count). The van der Waals surface area contributed by atoms with Gasteiger partial charge in [-0.1, -0.05) is 26.0 Å². The first-order chi connectivity index (χ1) is 10.1. The van der Waals surface area contributed by atoms with Crippen LogP contribution in [0.2, 0.25) is 0 Å². The minimum atomic E-state index is -0.381. The normalized spacial score (nSPS) is 10.7. The Morgan fingerprint density at radius 3 is 2.52 bits per heavy atom. The molecular weight excluding hydrogens is 272 g/mol. The molecule has 21 heavy (non-hydrogen) atoms. The van der Waals surface area contributed by atoms with Gasteiger partial charge in [-0.3, -0.25) is 10.2 Å². The lowest BCUT2D eigenvalue weighted by Crippen LogP contribution is -2.30. The molecule has 6 nitrogen and oxygen atoms in total. The Kier molecular flexibility index (Phi) is 8.42. The summed E-state index contributed by atoms with van der Waals surface area (Å²) in [5, 5.41) is 0.